The van der Waals surface area contributed by atoms with Gasteiger partial charge in [-0.3, -0.25) is 9.59 Å². The third-order valence-electron chi connectivity index (χ3n) is 2.07. The van der Waals surface area contributed by atoms with E-state index in [4.69, 9.17) is 4.74 Å². The Morgan fingerprint density at radius 3 is 2.42 bits per heavy atom. The molecule has 0 aromatic rings. The van der Waals surface area contributed by atoms with Gasteiger partial charge >= 0.3 is 5.97 Å². The number of halogens is 1. The van der Waals surface area contributed by atoms with Crippen molar-refractivity contribution in [3.05, 3.63) is 0 Å². The molecule has 1 aliphatic rings. The molecule has 68 valence electrons. The van der Waals surface area contributed by atoms with Crippen molar-refractivity contribution < 1.29 is 14.3 Å². The number of alkyl halides is 1. The summed E-state index contributed by atoms with van der Waals surface area (Å²) in [5, 5.41) is 0.242. The summed E-state index contributed by atoms with van der Waals surface area (Å²) in [6.07, 6.45) is 1.30. The van der Waals surface area contributed by atoms with Crippen LogP contribution in [0.3, 0.4) is 0 Å². The first kappa shape index (κ1) is 9.71. The molecule has 1 fully saturated rings. The van der Waals surface area contributed by atoms with Crippen molar-refractivity contribution in [1.82, 2.24) is 0 Å². The number of ketones is 1. The molecule has 4 heteroatoms. The molecule has 0 amide bonds. The predicted molar refractivity (Wildman–Crippen MR) is 47.1 cm³/mol. The van der Waals surface area contributed by atoms with Gasteiger partial charge in [0.05, 0.1) is 11.9 Å². The van der Waals surface area contributed by atoms with Crippen LogP contribution in [0.4, 0.5) is 0 Å². The highest BCUT2D eigenvalue weighted by molar-refractivity contribution is 9.09. The summed E-state index contributed by atoms with van der Waals surface area (Å²) in [6.45, 7) is 2.09. The van der Waals surface area contributed by atoms with E-state index in [1.54, 1.807) is 6.92 Å². The van der Waals surface area contributed by atoms with Crippen LogP contribution < -0.4 is 0 Å². The molecule has 1 rings (SSSR count). The fraction of sp³-hybridized carbons (Fsp3) is 0.750. The number of carbonyl (C=O) groups excluding carboxylic acids is 2. The van der Waals surface area contributed by atoms with Crippen LogP contribution in [-0.2, 0) is 14.3 Å². The zero-order valence-corrected chi connectivity index (χ0v) is 8.52. The van der Waals surface area contributed by atoms with Gasteiger partial charge in [0.25, 0.3) is 0 Å². The van der Waals surface area contributed by atoms with E-state index in [2.05, 4.69) is 15.9 Å². The van der Waals surface area contributed by atoms with Gasteiger partial charge in [-0.25, -0.2) is 0 Å². The van der Waals surface area contributed by atoms with Crippen molar-refractivity contribution in [2.45, 2.75) is 19.8 Å². The second kappa shape index (κ2) is 3.56. The first-order valence-electron chi connectivity index (χ1n) is 3.94. The maximum atomic E-state index is 11.3. The van der Waals surface area contributed by atoms with Gasteiger partial charge in [-0.2, -0.15) is 0 Å². The standard InChI is InChI=1S/C8H11BrO3/c1-2-12-7(11)8(3-4-8)6(10)5-9/h2-5H2,1H3. The molecule has 0 aromatic carbocycles. The number of hydrogen-bond acceptors (Lipinski definition) is 3. The van der Waals surface area contributed by atoms with E-state index in [9.17, 15) is 9.59 Å². The van der Waals surface area contributed by atoms with Gasteiger partial charge < -0.3 is 4.74 Å². The van der Waals surface area contributed by atoms with Crippen LogP contribution in [0.15, 0.2) is 0 Å². The lowest BCUT2D eigenvalue weighted by atomic mass is 10.0. The highest BCUT2D eigenvalue weighted by atomic mass is 79.9. The molecule has 0 spiro atoms. The lowest BCUT2D eigenvalue weighted by molar-refractivity contribution is -0.152. The van der Waals surface area contributed by atoms with Gasteiger partial charge in [0.2, 0.25) is 0 Å². The highest BCUT2D eigenvalue weighted by Gasteiger charge is 2.56. The third-order valence-corrected chi connectivity index (χ3v) is 2.58. The zero-order valence-electron chi connectivity index (χ0n) is 6.93. The second-order valence-corrected chi connectivity index (χ2v) is 3.42. The number of Topliss-reactive ketones (excluding diaryl/α,β-unsaturated/α-hetero) is 1. The molecule has 0 unspecified atom stereocenters. The van der Waals surface area contributed by atoms with Crippen LogP contribution in [-0.4, -0.2) is 23.7 Å². The van der Waals surface area contributed by atoms with Gasteiger partial charge in [0.1, 0.15) is 5.41 Å². The first-order valence-corrected chi connectivity index (χ1v) is 5.06. The Balaban J connectivity index is 2.60. The monoisotopic (exact) mass is 234 g/mol. The van der Waals surface area contributed by atoms with Gasteiger partial charge in [-0.15, -0.1) is 0 Å². The Kier molecular flexibility index (Phi) is 2.88. The van der Waals surface area contributed by atoms with Crippen LogP contribution >= 0.6 is 15.9 Å². The van der Waals surface area contributed by atoms with Crippen molar-refractivity contribution >= 4 is 27.7 Å². The summed E-state index contributed by atoms with van der Waals surface area (Å²) >= 11 is 3.05. The Hall–Kier alpha value is -0.380. The van der Waals surface area contributed by atoms with Crippen LogP contribution in [0.1, 0.15) is 19.8 Å². The summed E-state index contributed by atoms with van der Waals surface area (Å²) in [5.74, 6) is -0.407. The molecule has 0 aromatic heterocycles. The first-order chi connectivity index (χ1) is 5.67. The Morgan fingerprint density at radius 2 is 2.08 bits per heavy atom. The number of esters is 1. The maximum Gasteiger partial charge on any atom is 0.319 e. The molecule has 0 heterocycles. The highest BCUT2D eigenvalue weighted by Crippen LogP contribution is 2.47. The molecule has 3 nitrogen and oxygen atoms in total. The van der Waals surface area contributed by atoms with E-state index in [-0.39, 0.29) is 17.1 Å². The van der Waals surface area contributed by atoms with E-state index in [0.29, 0.717) is 19.4 Å². The van der Waals surface area contributed by atoms with Crippen molar-refractivity contribution in [3.63, 3.8) is 0 Å². The smallest absolute Gasteiger partial charge is 0.319 e. The lowest BCUT2D eigenvalue weighted by Crippen LogP contribution is -2.28. The van der Waals surface area contributed by atoms with Crippen LogP contribution in [0.25, 0.3) is 0 Å². The number of rotatable bonds is 4. The summed E-state index contributed by atoms with van der Waals surface area (Å²) in [5.41, 5.74) is -0.778. The fourth-order valence-corrected chi connectivity index (χ4v) is 1.66. The minimum atomic E-state index is -0.778. The Morgan fingerprint density at radius 1 is 1.50 bits per heavy atom. The van der Waals surface area contributed by atoms with Crippen molar-refractivity contribution in [3.8, 4) is 0 Å². The molecule has 1 saturated carbocycles. The largest absolute Gasteiger partial charge is 0.465 e. The molecular weight excluding hydrogens is 224 g/mol. The topological polar surface area (TPSA) is 43.4 Å². The Labute approximate surface area is 79.6 Å². The quantitative estimate of drug-likeness (QED) is 0.419. The predicted octanol–water partition coefficient (Wildman–Crippen LogP) is 1.29. The maximum absolute atomic E-state index is 11.3. The van der Waals surface area contributed by atoms with E-state index in [1.165, 1.54) is 0 Å². The van der Waals surface area contributed by atoms with Crippen LogP contribution in [0, 0.1) is 5.41 Å². The average molecular weight is 235 g/mol. The molecule has 0 atom stereocenters. The van der Waals surface area contributed by atoms with E-state index >= 15 is 0 Å². The minimum Gasteiger partial charge on any atom is -0.465 e. The fourth-order valence-electron chi connectivity index (χ4n) is 1.12. The molecule has 0 radical (unpaired) electrons. The molecule has 0 saturated heterocycles. The SMILES string of the molecule is CCOC(=O)C1(C(=O)CBr)CC1. The molecule has 1 aliphatic carbocycles. The van der Waals surface area contributed by atoms with Crippen LogP contribution in [0.2, 0.25) is 0 Å². The summed E-state index contributed by atoms with van der Waals surface area (Å²) in [7, 11) is 0. The van der Waals surface area contributed by atoms with Gasteiger partial charge in [-0.05, 0) is 19.8 Å². The van der Waals surface area contributed by atoms with Crippen LogP contribution in [0.5, 0.6) is 0 Å². The molecule has 0 aliphatic heterocycles. The van der Waals surface area contributed by atoms with Crippen molar-refractivity contribution in [2.75, 3.05) is 11.9 Å². The molecule has 0 N–H and O–H groups in total. The Bertz CT molecular complexity index is 208. The van der Waals surface area contributed by atoms with Crippen molar-refractivity contribution in [2.24, 2.45) is 5.41 Å². The average Bonchev–Trinajstić information content (AvgIpc) is 2.84. The van der Waals surface area contributed by atoms with E-state index < -0.39 is 5.41 Å². The number of ether oxygens (including phenoxy) is 1. The third kappa shape index (κ3) is 1.53. The van der Waals surface area contributed by atoms with Crippen molar-refractivity contribution in [1.29, 1.82) is 0 Å². The summed E-state index contributed by atoms with van der Waals surface area (Å²) < 4.78 is 4.81. The van der Waals surface area contributed by atoms with Gasteiger partial charge in [-0.1, -0.05) is 15.9 Å². The summed E-state index contributed by atoms with van der Waals surface area (Å²) in [6, 6.07) is 0. The van der Waals surface area contributed by atoms with E-state index in [1.807, 2.05) is 0 Å². The number of carbonyl (C=O) groups is 2. The molecular formula is C8H11BrO3. The van der Waals surface area contributed by atoms with Gasteiger partial charge in [0, 0.05) is 0 Å². The van der Waals surface area contributed by atoms with E-state index in [0.717, 1.165) is 0 Å². The van der Waals surface area contributed by atoms with Gasteiger partial charge in [0.15, 0.2) is 5.78 Å². The molecule has 12 heavy (non-hydrogen) atoms. The normalized spacial score (nSPS) is 18.5. The summed E-state index contributed by atoms with van der Waals surface area (Å²) in [4.78, 5) is 22.5. The minimum absolute atomic E-state index is 0.0547. The second-order valence-electron chi connectivity index (χ2n) is 2.86. The lowest BCUT2D eigenvalue weighted by Gasteiger charge is -2.09. The number of hydrogen-bond donors (Lipinski definition) is 0. The molecule has 0 bridgehead atoms. The zero-order chi connectivity index (χ0) is 9.19.